The normalized spacial score (nSPS) is 14.8. The van der Waals surface area contributed by atoms with Gasteiger partial charge in [-0.2, -0.15) is 0 Å². The number of nitrogens with one attached hydrogen (secondary N) is 1. The van der Waals surface area contributed by atoms with Crippen molar-refractivity contribution >= 4 is 11.6 Å². The average molecular weight is 275 g/mol. The Balaban J connectivity index is 2.03. The van der Waals surface area contributed by atoms with Crippen molar-refractivity contribution in [2.24, 2.45) is 5.84 Å². The molecular formula is C15H15ClN2O. The third-order valence-electron chi connectivity index (χ3n) is 3.43. The molecule has 1 atom stereocenters. The summed E-state index contributed by atoms with van der Waals surface area (Å²) in [7, 11) is 0. The van der Waals surface area contributed by atoms with Gasteiger partial charge in [-0.05, 0) is 23.3 Å². The number of para-hydroxylation sites is 1. The first-order chi connectivity index (χ1) is 9.29. The highest BCUT2D eigenvalue weighted by Gasteiger charge is 2.22. The Bertz CT molecular complexity index is 583. The van der Waals surface area contributed by atoms with Crippen LogP contribution < -0.4 is 16.0 Å². The van der Waals surface area contributed by atoms with Crippen molar-refractivity contribution < 1.29 is 4.74 Å². The molecule has 1 unspecified atom stereocenters. The summed E-state index contributed by atoms with van der Waals surface area (Å²) < 4.78 is 5.74. The van der Waals surface area contributed by atoms with Crippen molar-refractivity contribution in [1.29, 1.82) is 0 Å². The first-order valence-corrected chi connectivity index (χ1v) is 6.63. The third-order valence-corrected chi connectivity index (χ3v) is 3.68. The lowest BCUT2D eigenvalue weighted by atomic mass is 9.96. The van der Waals surface area contributed by atoms with E-state index in [0.29, 0.717) is 5.02 Å². The number of ether oxygens (including phenoxy) is 1. The highest BCUT2D eigenvalue weighted by atomic mass is 35.5. The van der Waals surface area contributed by atoms with E-state index in [0.717, 1.165) is 29.9 Å². The SMILES string of the molecule is NNC(c1ccc(Cl)cc1)c1cccc2c1OCC2. The molecule has 0 bridgehead atoms. The summed E-state index contributed by atoms with van der Waals surface area (Å²) in [5.74, 6) is 6.69. The van der Waals surface area contributed by atoms with E-state index >= 15 is 0 Å². The maximum Gasteiger partial charge on any atom is 0.127 e. The van der Waals surface area contributed by atoms with Gasteiger partial charge in [0.25, 0.3) is 0 Å². The van der Waals surface area contributed by atoms with E-state index in [1.165, 1.54) is 5.56 Å². The van der Waals surface area contributed by atoms with Gasteiger partial charge in [-0.15, -0.1) is 0 Å². The summed E-state index contributed by atoms with van der Waals surface area (Å²) in [5.41, 5.74) is 6.24. The van der Waals surface area contributed by atoms with Gasteiger partial charge in [0.2, 0.25) is 0 Å². The third kappa shape index (κ3) is 2.32. The summed E-state index contributed by atoms with van der Waals surface area (Å²) >= 11 is 5.92. The standard InChI is InChI=1S/C15H15ClN2O/c16-12-6-4-10(5-7-12)14(18-17)13-3-1-2-11-8-9-19-15(11)13/h1-7,14,18H,8-9,17H2. The number of halogens is 1. The van der Waals surface area contributed by atoms with Gasteiger partial charge >= 0.3 is 0 Å². The molecule has 0 saturated carbocycles. The van der Waals surface area contributed by atoms with Crippen LogP contribution in [-0.4, -0.2) is 6.61 Å². The van der Waals surface area contributed by atoms with E-state index in [9.17, 15) is 0 Å². The molecule has 4 heteroatoms. The smallest absolute Gasteiger partial charge is 0.127 e. The van der Waals surface area contributed by atoms with Crippen LogP contribution in [-0.2, 0) is 6.42 Å². The van der Waals surface area contributed by atoms with E-state index in [1.54, 1.807) is 0 Å². The zero-order valence-electron chi connectivity index (χ0n) is 10.4. The number of nitrogens with two attached hydrogens (primary N) is 1. The van der Waals surface area contributed by atoms with E-state index in [2.05, 4.69) is 11.5 Å². The Morgan fingerprint density at radius 2 is 1.95 bits per heavy atom. The predicted molar refractivity (Wildman–Crippen MR) is 76.3 cm³/mol. The van der Waals surface area contributed by atoms with Crippen molar-refractivity contribution in [3.63, 3.8) is 0 Å². The molecule has 0 spiro atoms. The quantitative estimate of drug-likeness (QED) is 0.668. The predicted octanol–water partition coefficient (Wildman–Crippen LogP) is 2.83. The molecule has 3 N–H and O–H groups in total. The fourth-order valence-corrected chi connectivity index (χ4v) is 2.61. The number of fused-ring (bicyclic) bond motifs is 1. The summed E-state index contributed by atoms with van der Waals surface area (Å²) in [4.78, 5) is 0. The van der Waals surface area contributed by atoms with Crippen molar-refractivity contribution in [1.82, 2.24) is 5.43 Å². The molecule has 19 heavy (non-hydrogen) atoms. The molecular weight excluding hydrogens is 260 g/mol. The van der Waals surface area contributed by atoms with Crippen LogP contribution in [0, 0.1) is 0 Å². The maximum atomic E-state index is 5.92. The molecule has 1 aliphatic rings. The van der Waals surface area contributed by atoms with Crippen molar-refractivity contribution in [2.45, 2.75) is 12.5 Å². The van der Waals surface area contributed by atoms with Crippen LogP contribution in [0.15, 0.2) is 42.5 Å². The van der Waals surface area contributed by atoms with Gasteiger partial charge in [-0.3, -0.25) is 5.84 Å². The van der Waals surface area contributed by atoms with Crippen molar-refractivity contribution in [3.8, 4) is 5.75 Å². The number of hydrogen-bond donors (Lipinski definition) is 2. The number of benzene rings is 2. The molecule has 98 valence electrons. The molecule has 1 heterocycles. The minimum atomic E-state index is -0.0923. The van der Waals surface area contributed by atoms with E-state index in [1.807, 2.05) is 36.4 Å². The van der Waals surface area contributed by atoms with Gasteiger partial charge in [0.15, 0.2) is 0 Å². The fraction of sp³-hybridized carbons (Fsp3) is 0.200. The lowest BCUT2D eigenvalue weighted by molar-refractivity contribution is 0.350. The Labute approximate surface area is 117 Å². The van der Waals surface area contributed by atoms with E-state index in [4.69, 9.17) is 22.2 Å². The fourth-order valence-electron chi connectivity index (χ4n) is 2.49. The molecule has 2 aromatic carbocycles. The molecule has 3 rings (SSSR count). The van der Waals surface area contributed by atoms with Crippen LogP contribution >= 0.6 is 11.6 Å². The second-order valence-electron chi connectivity index (χ2n) is 4.59. The zero-order chi connectivity index (χ0) is 13.2. The second-order valence-corrected chi connectivity index (χ2v) is 5.02. The van der Waals surface area contributed by atoms with Crippen LogP contribution in [0.5, 0.6) is 5.75 Å². The zero-order valence-corrected chi connectivity index (χ0v) is 11.2. The monoisotopic (exact) mass is 274 g/mol. The van der Waals surface area contributed by atoms with Crippen LogP contribution in [0.25, 0.3) is 0 Å². The molecule has 0 fully saturated rings. The molecule has 1 aliphatic heterocycles. The Hall–Kier alpha value is -1.55. The first-order valence-electron chi connectivity index (χ1n) is 6.26. The minimum Gasteiger partial charge on any atom is -0.493 e. The molecule has 0 amide bonds. The van der Waals surface area contributed by atoms with Gasteiger partial charge in [0.1, 0.15) is 5.75 Å². The minimum absolute atomic E-state index is 0.0923. The number of hydrogen-bond acceptors (Lipinski definition) is 3. The van der Waals surface area contributed by atoms with Crippen molar-refractivity contribution in [2.75, 3.05) is 6.61 Å². The average Bonchev–Trinajstić information content (AvgIpc) is 2.91. The summed E-state index contributed by atoms with van der Waals surface area (Å²) in [5, 5.41) is 0.717. The van der Waals surface area contributed by atoms with Crippen LogP contribution in [0.1, 0.15) is 22.7 Å². The van der Waals surface area contributed by atoms with Gasteiger partial charge in [0, 0.05) is 17.0 Å². The van der Waals surface area contributed by atoms with Gasteiger partial charge in [-0.1, -0.05) is 41.9 Å². The Morgan fingerprint density at radius 3 is 2.68 bits per heavy atom. The highest BCUT2D eigenvalue weighted by Crippen LogP contribution is 2.35. The summed E-state index contributed by atoms with van der Waals surface area (Å²) in [6, 6.07) is 13.8. The van der Waals surface area contributed by atoms with E-state index in [-0.39, 0.29) is 6.04 Å². The lowest BCUT2D eigenvalue weighted by Crippen LogP contribution is -2.29. The largest absolute Gasteiger partial charge is 0.493 e. The van der Waals surface area contributed by atoms with E-state index < -0.39 is 0 Å². The molecule has 0 aliphatic carbocycles. The molecule has 2 aromatic rings. The molecule has 0 radical (unpaired) electrons. The topological polar surface area (TPSA) is 47.3 Å². The maximum absolute atomic E-state index is 5.92. The number of hydrazine groups is 1. The van der Waals surface area contributed by atoms with Crippen molar-refractivity contribution in [3.05, 3.63) is 64.2 Å². The van der Waals surface area contributed by atoms with Gasteiger partial charge in [0.05, 0.1) is 12.6 Å². The van der Waals surface area contributed by atoms with Gasteiger partial charge in [-0.25, -0.2) is 5.43 Å². The lowest BCUT2D eigenvalue weighted by Gasteiger charge is -2.19. The Morgan fingerprint density at radius 1 is 1.16 bits per heavy atom. The molecule has 3 nitrogen and oxygen atoms in total. The van der Waals surface area contributed by atoms with Crippen LogP contribution in [0.4, 0.5) is 0 Å². The van der Waals surface area contributed by atoms with Crippen LogP contribution in [0.3, 0.4) is 0 Å². The first kappa shape index (κ1) is 12.5. The highest BCUT2D eigenvalue weighted by molar-refractivity contribution is 6.30. The van der Waals surface area contributed by atoms with Gasteiger partial charge < -0.3 is 4.74 Å². The molecule has 0 saturated heterocycles. The molecule has 0 aromatic heterocycles. The summed E-state index contributed by atoms with van der Waals surface area (Å²) in [6.07, 6.45) is 0.959. The van der Waals surface area contributed by atoms with Crippen LogP contribution in [0.2, 0.25) is 5.02 Å². The Kier molecular flexibility index (Phi) is 3.42. The summed E-state index contributed by atoms with van der Waals surface area (Å²) in [6.45, 7) is 0.740. The number of rotatable bonds is 3. The second kappa shape index (κ2) is 5.21.